The molecule has 86 valence electrons. The minimum Gasteiger partial charge on any atom is -0.467 e. The number of rotatable bonds is 3. The molecule has 15 heavy (non-hydrogen) atoms. The van der Waals surface area contributed by atoms with Gasteiger partial charge in [-0.05, 0) is 6.92 Å². The molecule has 0 saturated carbocycles. The predicted molar refractivity (Wildman–Crippen MR) is 52.2 cm³/mol. The number of likely N-dealkylation sites (N-methyl/N-ethyl adjacent to an activating group) is 1. The van der Waals surface area contributed by atoms with Gasteiger partial charge in [0.2, 0.25) is 0 Å². The highest BCUT2D eigenvalue weighted by Crippen LogP contribution is 2.13. The standard InChI is InChI=1S/C9H16N2O4/c1-9(14,7(12)15-3)6-11-5-4-10(2)8(11)13/h14H,4-6H2,1-3H3. The van der Waals surface area contributed by atoms with Crippen molar-refractivity contribution in [3.8, 4) is 0 Å². The van der Waals surface area contributed by atoms with E-state index in [1.165, 1.54) is 23.8 Å². The number of esters is 1. The van der Waals surface area contributed by atoms with Crippen LogP contribution in [0.5, 0.6) is 0 Å². The van der Waals surface area contributed by atoms with Crippen molar-refractivity contribution in [2.24, 2.45) is 0 Å². The van der Waals surface area contributed by atoms with E-state index in [9.17, 15) is 14.7 Å². The highest BCUT2D eigenvalue weighted by Gasteiger charge is 2.37. The first-order valence-electron chi connectivity index (χ1n) is 4.69. The molecule has 0 bridgehead atoms. The molecule has 2 amide bonds. The molecule has 0 radical (unpaired) electrons. The molecule has 1 saturated heterocycles. The quantitative estimate of drug-likeness (QED) is 0.632. The van der Waals surface area contributed by atoms with Crippen LogP contribution in [0, 0.1) is 0 Å². The SMILES string of the molecule is COC(=O)C(C)(O)CN1CCN(C)C1=O. The second-order valence-electron chi connectivity index (χ2n) is 3.89. The first kappa shape index (κ1) is 11.8. The van der Waals surface area contributed by atoms with Crippen LogP contribution in [0.15, 0.2) is 0 Å². The number of hydrogen-bond donors (Lipinski definition) is 1. The molecule has 0 aromatic rings. The van der Waals surface area contributed by atoms with E-state index in [-0.39, 0.29) is 12.6 Å². The number of carbonyl (C=O) groups is 2. The molecular formula is C9H16N2O4. The number of methoxy groups -OCH3 is 1. The third-order valence-corrected chi connectivity index (χ3v) is 2.43. The molecule has 0 aliphatic carbocycles. The van der Waals surface area contributed by atoms with E-state index < -0.39 is 11.6 Å². The largest absolute Gasteiger partial charge is 0.467 e. The summed E-state index contributed by atoms with van der Waals surface area (Å²) in [6, 6.07) is -0.181. The zero-order valence-electron chi connectivity index (χ0n) is 9.19. The summed E-state index contributed by atoms with van der Waals surface area (Å²) in [4.78, 5) is 25.6. The number of nitrogens with zero attached hydrogens (tertiary/aromatic N) is 2. The minimum absolute atomic E-state index is 0.0388. The maximum Gasteiger partial charge on any atom is 0.339 e. The Morgan fingerprint density at radius 1 is 1.60 bits per heavy atom. The van der Waals surface area contributed by atoms with Gasteiger partial charge < -0.3 is 19.6 Å². The third-order valence-electron chi connectivity index (χ3n) is 2.43. The number of carbonyl (C=O) groups excluding carboxylic acids is 2. The van der Waals surface area contributed by atoms with Crippen LogP contribution < -0.4 is 0 Å². The number of aliphatic hydroxyl groups is 1. The Labute approximate surface area is 88.4 Å². The lowest BCUT2D eigenvalue weighted by atomic mass is 10.1. The summed E-state index contributed by atoms with van der Waals surface area (Å²) < 4.78 is 4.45. The maximum absolute atomic E-state index is 11.5. The second kappa shape index (κ2) is 4.06. The summed E-state index contributed by atoms with van der Waals surface area (Å²) in [7, 11) is 2.88. The summed E-state index contributed by atoms with van der Waals surface area (Å²) in [5.74, 6) is -0.732. The van der Waals surface area contributed by atoms with E-state index in [0.29, 0.717) is 13.1 Å². The van der Waals surface area contributed by atoms with E-state index >= 15 is 0 Å². The first-order chi connectivity index (χ1) is 6.88. The van der Waals surface area contributed by atoms with Gasteiger partial charge in [0.1, 0.15) is 0 Å². The van der Waals surface area contributed by atoms with Crippen LogP contribution in [0.1, 0.15) is 6.92 Å². The van der Waals surface area contributed by atoms with Crippen molar-refractivity contribution in [1.82, 2.24) is 9.80 Å². The molecule has 1 heterocycles. The molecule has 1 atom stereocenters. The van der Waals surface area contributed by atoms with Gasteiger partial charge in [-0.2, -0.15) is 0 Å². The monoisotopic (exact) mass is 216 g/mol. The number of hydrogen-bond acceptors (Lipinski definition) is 4. The van der Waals surface area contributed by atoms with Crippen molar-refractivity contribution >= 4 is 12.0 Å². The Morgan fingerprint density at radius 3 is 2.60 bits per heavy atom. The third kappa shape index (κ3) is 2.38. The average molecular weight is 216 g/mol. The van der Waals surface area contributed by atoms with Crippen molar-refractivity contribution in [3.05, 3.63) is 0 Å². The molecule has 1 N–H and O–H groups in total. The van der Waals surface area contributed by atoms with Crippen molar-refractivity contribution in [3.63, 3.8) is 0 Å². The number of urea groups is 1. The maximum atomic E-state index is 11.5. The van der Waals surface area contributed by atoms with E-state index in [4.69, 9.17) is 0 Å². The molecule has 1 fully saturated rings. The van der Waals surface area contributed by atoms with Crippen LogP contribution in [0.3, 0.4) is 0 Å². The predicted octanol–water partition coefficient (Wildman–Crippen LogP) is -0.722. The molecule has 0 aromatic heterocycles. The normalized spacial score (nSPS) is 20.4. The Bertz CT molecular complexity index is 277. The molecule has 1 rings (SSSR count). The minimum atomic E-state index is -1.64. The topological polar surface area (TPSA) is 70.1 Å². The van der Waals surface area contributed by atoms with Gasteiger partial charge in [-0.1, -0.05) is 0 Å². The van der Waals surface area contributed by atoms with Crippen LogP contribution >= 0.6 is 0 Å². The zero-order valence-corrected chi connectivity index (χ0v) is 9.19. The van der Waals surface area contributed by atoms with Gasteiger partial charge in [-0.25, -0.2) is 9.59 Å². The Balaban J connectivity index is 2.62. The van der Waals surface area contributed by atoms with Crippen molar-refractivity contribution < 1.29 is 19.4 Å². The highest BCUT2D eigenvalue weighted by molar-refractivity contribution is 5.81. The van der Waals surface area contributed by atoms with Crippen molar-refractivity contribution in [2.75, 3.05) is 33.8 Å². The van der Waals surface area contributed by atoms with Gasteiger partial charge in [-0.15, -0.1) is 0 Å². The molecule has 0 aromatic carbocycles. The number of ether oxygens (including phenoxy) is 1. The molecular weight excluding hydrogens is 200 g/mol. The first-order valence-corrected chi connectivity index (χ1v) is 4.69. The molecule has 6 heteroatoms. The molecule has 1 aliphatic heterocycles. The lowest BCUT2D eigenvalue weighted by molar-refractivity contribution is -0.161. The van der Waals surface area contributed by atoms with Crippen LogP contribution in [0.2, 0.25) is 0 Å². The van der Waals surface area contributed by atoms with E-state index in [1.807, 2.05) is 0 Å². The fourth-order valence-electron chi connectivity index (χ4n) is 1.51. The molecule has 6 nitrogen and oxygen atoms in total. The van der Waals surface area contributed by atoms with Gasteiger partial charge in [0.15, 0.2) is 5.60 Å². The van der Waals surface area contributed by atoms with Gasteiger partial charge in [0.05, 0.1) is 13.7 Å². The van der Waals surface area contributed by atoms with Crippen molar-refractivity contribution in [1.29, 1.82) is 0 Å². The highest BCUT2D eigenvalue weighted by atomic mass is 16.5. The lowest BCUT2D eigenvalue weighted by Gasteiger charge is -2.25. The Kier molecular flexibility index (Phi) is 3.18. The molecule has 1 aliphatic rings. The van der Waals surface area contributed by atoms with Crippen LogP contribution in [0.4, 0.5) is 4.79 Å². The van der Waals surface area contributed by atoms with Gasteiger partial charge in [0, 0.05) is 20.1 Å². The smallest absolute Gasteiger partial charge is 0.339 e. The summed E-state index contributed by atoms with van der Waals surface area (Å²) in [6.45, 7) is 2.42. The van der Waals surface area contributed by atoms with Gasteiger partial charge >= 0.3 is 12.0 Å². The Hall–Kier alpha value is -1.30. The zero-order chi connectivity index (χ0) is 11.6. The van der Waals surface area contributed by atoms with Crippen LogP contribution in [-0.2, 0) is 9.53 Å². The fraction of sp³-hybridized carbons (Fsp3) is 0.778. The Morgan fingerprint density at radius 2 is 2.20 bits per heavy atom. The van der Waals surface area contributed by atoms with E-state index in [0.717, 1.165) is 0 Å². The average Bonchev–Trinajstić information content (AvgIpc) is 2.48. The second-order valence-corrected chi connectivity index (χ2v) is 3.89. The number of β-amino-alcohol motifs (C(OH)–C–C–N with tert-alkyl or cyclic N) is 1. The van der Waals surface area contributed by atoms with E-state index in [2.05, 4.69) is 4.74 Å². The van der Waals surface area contributed by atoms with Gasteiger partial charge in [-0.3, -0.25) is 0 Å². The fourth-order valence-corrected chi connectivity index (χ4v) is 1.51. The summed E-state index contributed by atoms with van der Waals surface area (Å²) in [5.41, 5.74) is -1.64. The number of amides is 2. The van der Waals surface area contributed by atoms with Crippen molar-refractivity contribution in [2.45, 2.75) is 12.5 Å². The van der Waals surface area contributed by atoms with Gasteiger partial charge in [0.25, 0.3) is 0 Å². The van der Waals surface area contributed by atoms with Crippen LogP contribution in [-0.4, -0.2) is 66.3 Å². The summed E-state index contributed by atoms with van der Waals surface area (Å²) >= 11 is 0. The lowest BCUT2D eigenvalue weighted by Crippen LogP contribution is -2.48. The molecule has 1 unspecified atom stereocenters. The van der Waals surface area contributed by atoms with E-state index in [1.54, 1.807) is 7.05 Å². The summed E-state index contributed by atoms with van der Waals surface area (Å²) in [6.07, 6.45) is 0. The van der Waals surface area contributed by atoms with Crippen LogP contribution in [0.25, 0.3) is 0 Å². The molecule has 0 spiro atoms. The summed E-state index contributed by atoms with van der Waals surface area (Å²) in [5, 5.41) is 9.76.